The first-order valence-corrected chi connectivity index (χ1v) is 8.98. The Morgan fingerprint density at radius 3 is 2.76 bits per heavy atom. The summed E-state index contributed by atoms with van der Waals surface area (Å²) in [6.45, 7) is 3.76. The molecule has 25 heavy (non-hydrogen) atoms. The lowest BCUT2D eigenvalue weighted by atomic mass is 9.74. The molecule has 2 N–H and O–H groups in total. The second kappa shape index (κ2) is 7.72. The van der Waals surface area contributed by atoms with Gasteiger partial charge in [0, 0.05) is 25.4 Å². The van der Waals surface area contributed by atoms with E-state index in [4.69, 9.17) is 21.4 Å². The minimum atomic E-state index is -1.11. The number of nitrogens with zero attached hydrogens (tertiary/aromatic N) is 1. The smallest absolute Gasteiger partial charge is 0.337 e. The molecule has 1 amide bonds. The number of carboxylic acid groups (broad SMARTS) is 1. The van der Waals surface area contributed by atoms with Crippen LogP contribution in [-0.2, 0) is 9.53 Å². The number of hydrogen-bond acceptors (Lipinski definition) is 4. The number of halogens is 1. The fourth-order valence-corrected chi connectivity index (χ4v) is 4.03. The second-order valence-corrected chi connectivity index (χ2v) is 7.38. The number of ether oxygens (including phenoxy) is 1. The van der Waals surface area contributed by atoms with Crippen molar-refractivity contribution in [2.75, 3.05) is 38.2 Å². The first kappa shape index (κ1) is 18.2. The Morgan fingerprint density at radius 1 is 1.28 bits per heavy atom. The Kier molecular flexibility index (Phi) is 5.61. The number of aromatic carboxylic acids is 1. The Morgan fingerprint density at radius 2 is 2.04 bits per heavy atom. The lowest BCUT2D eigenvalue weighted by Gasteiger charge is -2.44. The highest BCUT2D eigenvalue weighted by molar-refractivity contribution is 6.33. The van der Waals surface area contributed by atoms with Gasteiger partial charge in [0.25, 0.3) is 0 Å². The van der Waals surface area contributed by atoms with Crippen molar-refractivity contribution in [3.05, 3.63) is 28.8 Å². The van der Waals surface area contributed by atoms with Crippen LogP contribution in [0.25, 0.3) is 0 Å². The van der Waals surface area contributed by atoms with E-state index >= 15 is 0 Å². The molecule has 0 unspecified atom stereocenters. The molecule has 2 saturated heterocycles. The summed E-state index contributed by atoms with van der Waals surface area (Å²) < 4.78 is 5.48. The first-order chi connectivity index (χ1) is 12.0. The van der Waals surface area contributed by atoms with Crippen molar-refractivity contribution in [2.45, 2.75) is 25.7 Å². The quantitative estimate of drug-likeness (QED) is 0.856. The molecule has 2 aliphatic heterocycles. The molecule has 2 aliphatic rings. The van der Waals surface area contributed by atoms with Crippen LogP contribution < -0.4 is 5.32 Å². The van der Waals surface area contributed by atoms with Gasteiger partial charge in [-0.15, -0.1) is 0 Å². The van der Waals surface area contributed by atoms with E-state index in [9.17, 15) is 9.59 Å². The lowest BCUT2D eigenvalue weighted by Crippen LogP contribution is -2.48. The fraction of sp³-hybridized carbons (Fsp3) is 0.556. The van der Waals surface area contributed by atoms with Gasteiger partial charge in [-0.1, -0.05) is 11.6 Å². The number of rotatable bonds is 4. The van der Waals surface area contributed by atoms with Crippen molar-refractivity contribution in [3.8, 4) is 0 Å². The summed E-state index contributed by atoms with van der Waals surface area (Å²) in [5.74, 6) is -1.25. The van der Waals surface area contributed by atoms with Gasteiger partial charge in [0.1, 0.15) is 0 Å². The maximum absolute atomic E-state index is 12.4. The molecule has 6 nitrogen and oxygen atoms in total. The zero-order valence-corrected chi connectivity index (χ0v) is 14.8. The molecule has 0 aliphatic carbocycles. The van der Waals surface area contributed by atoms with Crippen LogP contribution in [-0.4, -0.2) is 54.7 Å². The molecule has 1 aromatic carbocycles. The van der Waals surface area contributed by atoms with E-state index in [1.54, 1.807) is 6.07 Å². The van der Waals surface area contributed by atoms with Crippen LogP contribution in [0.4, 0.5) is 5.69 Å². The predicted octanol–water partition coefficient (Wildman–Crippen LogP) is 2.87. The number of nitrogens with one attached hydrogen (secondary N) is 1. The standard InChI is InChI=1S/C18H23ClN2O4/c19-15-3-2-13(10-14(15)17(23)24)20-16(22)11-21-7-1-4-18(12-21)5-8-25-9-6-18/h2-3,10H,1,4-9,11-12H2,(H,20,22)(H,23,24). The summed E-state index contributed by atoms with van der Waals surface area (Å²) in [5.41, 5.74) is 0.719. The number of anilines is 1. The van der Waals surface area contributed by atoms with E-state index in [1.807, 2.05) is 0 Å². The van der Waals surface area contributed by atoms with E-state index < -0.39 is 5.97 Å². The number of piperidine rings is 1. The highest BCUT2D eigenvalue weighted by atomic mass is 35.5. The molecule has 1 aromatic rings. The van der Waals surface area contributed by atoms with Crippen molar-refractivity contribution in [2.24, 2.45) is 5.41 Å². The SMILES string of the molecule is O=C(CN1CCCC2(CCOCC2)C1)Nc1ccc(Cl)c(C(=O)O)c1. The third-order valence-corrected chi connectivity index (χ3v) is 5.47. The second-order valence-electron chi connectivity index (χ2n) is 6.97. The zero-order chi connectivity index (χ0) is 17.9. The molecule has 2 heterocycles. The molecule has 3 rings (SSSR count). The fourth-order valence-electron chi connectivity index (χ4n) is 3.83. The van der Waals surface area contributed by atoms with Crippen molar-refractivity contribution < 1.29 is 19.4 Å². The number of carbonyl (C=O) groups is 2. The van der Waals surface area contributed by atoms with Gasteiger partial charge >= 0.3 is 5.97 Å². The first-order valence-electron chi connectivity index (χ1n) is 8.60. The predicted molar refractivity (Wildman–Crippen MR) is 95.2 cm³/mol. The van der Waals surface area contributed by atoms with E-state index in [2.05, 4.69) is 10.2 Å². The number of hydrogen-bond donors (Lipinski definition) is 2. The molecule has 0 radical (unpaired) electrons. The molecule has 1 spiro atoms. The third-order valence-electron chi connectivity index (χ3n) is 5.14. The van der Waals surface area contributed by atoms with E-state index in [1.165, 1.54) is 18.6 Å². The molecule has 7 heteroatoms. The van der Waals surface area contributed by atoms with Gasteiger partial charge in [-0.25, -0.2) is 4.79 Å². The number of carboxylic acids is 1. The number of carbonyl (C=O) groups excluding carboxylic acids is 1. The number of likely N-dealkylation sites (tertiary alicyclic amines) is 1. The summed E-state index contributed by atoms with van der Waals surface area (Å²) in [5, 5.41) is 12.0. The Bertz CT molecular complexity index is 653. The summed E-state index contributed by atoms with van der Waals surface area (Å²) in [6.07, 6.45) is 4.42. The molecule has 2 fully saturated rings. The topological polar surface area (TPSA) is 78.9 Å². The van der Waals surface area contributed by atoms with E-state index in [0.29, 0.717) is 12.2 Å². The molecule has 0 bridgehead atoms. The largest absolute Gasteiger partial charge is 0.478 e. The molecular formula is C18H23ClN2O4. The van der Waals surface area contributed by atoms with Crippen LogP contribution >= 0.6 is 11.6 Å². The van der Waals surface area contributed by atoms with Gasteiger partial charge in [0.15, 0.2) is 0 Å². The van der Waals surface area contributed by atoms with Crippen LogP contribution in [0.15, 0.2) is 18.2 Å². The number of amides is 1. The Labute approximate surface area is 152 Å². The maximum Gasteiger partial charge on any atom is 0.337 e. The average Bonchev–Trinajstić information content (AvgIpc) is 2.57. The third kappa shape index (κ3) is 4.51. The molecule has 0 saturated carbocycles. The van der Waals surface area contributed by atoms with Crippen molar-refractivity contribution >= 4 is 29.2 Å². The number of benzene rings is 1. The Balaban J connectivity index is 1.59. The lowest BCUT2D eigenvalue weighted by molar-refractivity contribution is -0.118. The summed E-state index contributed by atoms with van der Waals surface area (Å²) in [7, 11) is 0. The van der Waals surface area contributed by atoms with E-state index in [0.717, 1.165) is 45.6 Å². The summed E-state index contributed by atoms with van der Waals surface area (Å²) >= 11 is 5.85. The van der Waals surface area contributed by atoms with E-state index in [-0.39, 0.29) is 21.9 Å². The van der Waals surface area contributed by atoms with Gasteiger partial charge < -0.3 is 15.2 Å². The molecular weight excluding hydrogens is 344 g/mol. The Hall–Kier alpha value is -1.63. The van der Waals surface area contributed by atoms with Gasteiger partial charge in [-0.05, 0) is 55.8 Å². The van der Waals surface area contributed by atoms with Crippen LogP contribution in [0.2, 0.25) is 5.02 Å². The van der Waals surface area contributed by atoms with Crippen molar-refractivity contribution in [1.29, 1.82) is 0 Å². The summed E-state index contributed by atoms with van der Waals surface area (Å²) in [6, 6.07) is 4.49. The van der Waals surface area contributed by atoms with Gasteiger partial charge in [-0.3, -0.25) is 9.69 Å². The summed E-state index contributed by atoms with van der Waals surface area (Å²) in [4.78, 5) is 25.7. The van der Waals surface area contributed by atoms with Gasteiger partial charge in [-0.2, -0.15) is 0 Å². The van der Waals surface area contributed by atoms with Crippen LogP contribution in [0.5, 0.6) is 0 Å². The van der Waals surface area contributed by atoms with Crippen molar-refractivity contribution in [1.82, 2.24) is 4.90 Å². The minimum absolute atomic E-state index is 0.0152. The average molecular weight is 367 g/mol. The van der Waals surface area contributed by atoms with Gasteiger partial charge in [0.2, 0.25) is 5.91 Å². The molecule has 136 valence electrons. The van der Waals surface area contributed by atoms with Crippen LogP contribution in [0, 0.1) is 5.41 Å². The molecule has 0 atom stereocenters. The zero-order valence-electron chi connectivity index (χ0n) is 14.1. The highest BCUT2D eigenvalue weighted by Crippen LogP contribution is 2.39. The van der Waals surface area contributed by atoms with Crippen LogP contribution in [0.1, 0.15) is 36.0 Å². The van der Waals surface area contributed by atoms with Crippen LogP contribution in [0.3, 0.4) is 0 Å². The normalized spacial score (nSPS) is 20.4. The highest BCUT2D eigenvalue weighted by Gasteiger charge is 2.37. The van der Waals surface area contributed by atoms with Crippen molar-refractivity contribution in [3.63, 3.8) is 0 Å². The van der Waals surface area contributed by atoms with Gasteiger partial charge in [0.05, 0.1) is 17.1 Å². The minimum Gasteiger partial charge on any atom is -0.478 e. The molecule has 0 aromatic heterocycles. The monoisotopic (exact) mass is 366 g/mol. The maximum atomic E-state index is 12.4.